The number of aryl methyl sites for hydroxylation is 1. The van der Waals surface area contributed by atoms with Gasteiger partial charge in [-0.3, -0.25) is 9.69 Å². The van der Waals surface area contributed by atoms with Crippen molar-refractivity contribution in [2.45, 2.75) is 51.6 Å². The lowest BCUT2D eigenvalue weighted by molar-refractivity contribution is -0.0870. The van der Waals surface area contributed by atoms with Crippen molar-refractivity contribution in [1.29, 1.82) is 0 Å². The first-order valence-corrected chi connectivity index (χ1v) is 13.2. The molecule has 2 aromatic heterocycles. The Hall–Kier alpha value is -3.13. The molecule has 1 saturated heterocycles. The largest absolute Gasteiger partial charge is 0.369 e. The summed E-state index contributed by atoms with van der Waals surface area (Å²) in [4.78, 5) is 29.2. The summed E-state index contributed by atoms with van der Waals surface area (Å²) < 4.78 is 2.21. The Labute approximate surface area is 213 Å². The third-order valence-electron chi connectivity index (χ3n) is 8.48. The molecule has 1 N–H and O–H groups in total. The van der Waals surface area contributed by atoms with Crippen LogP contribution in [0, 0.1) is 12.8 Å². The van der Waals surface area contributed by atoms with Crippen LogP contribution < -0.4 is 10.2 Å². The normalized spacial score (nSPS) is 23.5. The molecule has 190 valence electrons. The molecule has 7 rings (SSSR count). The summed E-state index contributed by atoms with van der Waals surface area (Å²) in [6, 6.07) is 9.06. The molecule has 1 aromatic carbocycles. The first kappa shape index (κ1) is 23.3. The molecule has 4 aliphatic rings. The number of hydrogen-bond donors (Lipinski definition) is 1. The molecular weight excluding hydrogens is 450 g/mol. The van der Waals surface area contributed by atoms with E-state index in [0.717, 1.165) is 73.8 Å². The Morgan fingerprint density at radius 1 is 1.11 bits per heavy atom. The number of amides is 1. The number of carbonyl (C=O) groups is 1. The highest BCUT2D eigenvalue weighted by Gasteiger charge is 2.59. The highest BCUT2D eigenvalue weighted by Crippen LogP contribution is 2.63. The van der Waals surface area contributed by atoms with Gasteiger partial charge in [0.05, 0.1) is 0 Å². The Morgan fingerprint density at radius 3 is 2.42 bits per heavy atom. The zero-order chi connectivity index (χ0) is 25.2. The minimum Gasteiger partial charge on any atom is -0.369 e. The number of fused-ring (bicyclic) bond motifs is 1. The van der Waals surface area contributed by atoms with Crippen LogP contribution in [0.5, 0.6) is 0 Å². The quantitative estimate of drug-likeness (QED) is 0.561. The summed E-state index contributed by atoms with van der Waals surface area (Å²) >= 11 is 0. The van der Waals surface area contributed by atoms with Gasteiger partial charge in [0.1, 0.15) is 11.3 Å². The van der Waals surface area contributed by atoms with E-state index in [9.17, 15) is 4.79 Å². The van der Waals surface area contributed by atoms with Gasteiger partial charge >= 0.3 is 0 Å². The van der Waals surface area contributed by atoms with Gasteiger partial charge in [-0.05, 0) is 75.8 Å². The molecular formula is C28H37N7O. The van der Waals surface area contributed by atoms with Crippen LogP contribution in [0.1, 0.15) is 49.2 Å². The minimum absolute atomic E-state index is 0.0210. The Balaban J connectivity index is 1.26. The average molecular weight is 488 g/mol. The number of aromatic nitrogens is 3. The maximum atomic E-state index is 13.0. The molecule has 3 aromatic rings. The number of benzene rings is 1. The second-order valence-corrected chi connectivity index (χ2v) is 11.5. The van der Waals surface area contributed by atoms with Crippen LogP contribution in [0.2, 0.25) is 0 Å². The van der Waals surface area contributed by atoms with Crippen LogP contribution in [0.3, 0.4) is 0 Å². The molecule has 0 spiro atoms. The Morgan fingerprint density at radius 2 is 1.83 bits per heavy atom. The van der Waals surface area contributed by atoms with Crippen molar-refractivity contribution in [1.82, 2.24) is 24.3 Å². The molecule has 4 fully saturated rings. The molecule has 8 nitrogen and oxygen atoms in total. The zero-order valence-corrected chi connectivity index (χ0v) is 22.1. The summed E-state index contributed by atoms with van der Waals surface area (Å²) in [5, 5.41) is 4.34. The number of nitrogens with zero attached hydrogens (tertiary/aromatic N) is 6. The van der Waals surface area contributed by atoms with Gasteiger partial charge in [-0.25, -0.2) is 4.98 Å². The molecule has 36 heavy (non-hydrogen) atoms. The summed E-state index contributed by atoms with van der Waals surface area (Å²) in [5.74, 6) is 1.39. The highest BCUT2D eigenvalue weighted by atomic mass is 16.2. The van der Waals surface area contributed by atoms with Crippen molar-refractivity contribution in [3.63, 3.8) is 0 Å². The third-order valence-corrected chi connectivity index (χ3v) is 8.48. The van der Waals surface area contributed by atoms with Crippen molar-refractivity contribution in [3.05, 3.63) is 41.7 Å². The van der Waals surface area contributed by atoms with E-state index >= 15 is 0 Å². The van der Waals surface area contributed by atoms with Gasteiger partial charge in [-0.2, -0.15) is 4.98 Å². The van der Waals surface area contributed by atoms with E-state index < -0.39 is 0 Å². The van der Waals surface area contributed by atoms with Crippen LogP contribution in [-0.2, 0) is 5.54 Å². The van der Waals surface area contributed by atoms with E-state index in [1.807, 2.05) is 12.3 Å². The third kappa shape index (κ3) is 3.74. The average Bonchev–Trinajstić information content (AvgIpc) is 3.15. The zero-order valence-electron chi connectivity index (χ0n) is 22.1. The first-order chi connectivity index (χ1) is 17.2. The second kappa shape index (κ2) is 8.47. The Bertz CT molecular complexity index is 1300. The number of carbonyl (C=O) groups excluding carboxylic acids is 1. The molecule has 1 amide bonds. The van der Waals surface area contributed by atoms with Crippen LogP contribution in [-0.4, -0.2) is 76.6 Å². The van der Waals surface area contributed by atoms with Gasteiger partial charge in [0.15, 0.2) is 0 Å². The second-order valence-electron chi connectivity index (χ2n) is 11.5. The van der Waals surface area contributed by atoms with Crippen LogP contribution in [0.15, 0.2) is 30.5 Å². The van der Waals surface area contributed by atoms with E-state index in [0.29, 0.717) is 12.0 Å². The molecule has 3 aliphatic carbocycles. The van der Waals surface area contributed by atoms with Gasteiger partial charge in [0.2, 0.25) is 5.95 Å². The van der Waals surface area contributed by atoms with E-state index in [2.05, 4.69) is 63.6 Å². The van der Waals surface area contributed by atoms with Crippen molar-refractivity contribution >= 4 is 34.3 Å². The molecule has 0 atom stereocenters. The number of hydrogen-bond acceptors (Lipinski definition) is 6. The number of nitrogens with one attached hydrogen (secondary N) is 1. The van der Waals surface area contributed by atoms with Crippen LogP contribution in [0.4, 0.5) is 17.3 Å². The van der Waals surface area contributed by atoms with Gasteiger partial charge < -0.3 is 19.7 Å². The fourth-order valence-corrected chi connectivity index (χ4v) is 6.32. The van der Waals surface area contributed by atoms with Gasteiger partial charge in [-0.1, -0.05) is 0 Å². The Kier molecular flexibility index (Phi) is 5.48. The molecule has 1 aliphatic heterocycles. The van der Waals surface area contributed by atoms with Crippen molar-refractivity contribution in [2.75, 3.05) is 50.5 Å². The molecule has 3 heterocycles. The maximum absolute atomic E-state index is 13.0. The number of piperazine rings is 1. The highest BCUT2D eigenvalue weighted by molar-refractivity contribution is 5.98. The lowest BCUT2D eigenvalue weighted by Gasteiger charge is -2.62. The summed E-state index contributed by atoms with van der Waals surface area (Å²) in [5.41, 5.74) is 5.14. The summed E-state index contributed by atoms with van der Waals surface area (Å²) in [6.45, 7) is 11.0. The van der Waals surface area contributed by atoms with E-state index in [4.69, 9.17) is 4.98 Å². The molecule has 0 radical (unpaired) electrons. The van der Waals surface area contributed by atoms with Crippen molar-refractivity contribution < 1.29 is 4.79 Å². The van der Waals surface area contributed by atoms with Crippen LogP contribution >= 0.6 is 0 Å². The molecule has 2 bridgehead atoms. The fourth-order valence-electron chi connectivity index (χ4n) is 6.32. The summed E-state index contributed by atoms with van der Waals surface area (Å²) in [6.07, 6.45) is 5.27. The smallest absolute Gasteiger partial charge is 0.270 e. The molecule has 8 heteroatoms. The van der Waals surface area contributed by atoms with E-state index in [1.54, 1.807) is 19.0 Å². The predicted octanol–water partition coefficient (Wildman–Crippen LogP) is 4.22. The number of anilines is 3. The monoisotopic (exact) mass is 487 g/mol. The SMILES string of the molecule is Cc1cc(Nc2ncc3cc(C(=O)N(C)C)n(C45CC(C4)C5)c3n2)ccc1N1CCN(C(C)C)CC1. The molecule has 3 saturated carbocycles. The summed E-state index contributed by atoms with van der Waals surface area (Å²) in [7, 11) is 3.61. The minimum atomic E-state index is 0.0210. The van der Waals surface area contributed by atoms with Crippen molar-refractivity contribution in [3.8, 4) is 0 Å². The van der Waals surface area contributed by atoms with Gasteiger partial charge in [0.25, 0.3) is 5.91 Å². The number of rotatable bonds is 6. The van der Waals surface area contributed by atoms with E-state index in [1.165, 1.54) is 11.3 Å². The topological polar surface area (TPSA) is 69.5 Å². The standard InChI is InChI=1S/C28H37N7O/c1-18(2)33-8-10-34(11-9-33)23-7-6-22(12-19(23)3)30-27-29-17-21-13-24(26(36)32(4)5)35(25(21)31-27)28-14-20(15-28)16-28/h6-7,12-13,17-18,20H,8-11,14-16H2,1-5H3,(H,29,30,31). The maximum Gasteiger partial charge on any atom is 0.270 e. The molecule has 0 unspecified atom stereocenters. The predicted molar refractivity (Wildman–Crippen MR) is 144 cm³/mol. The first-order valence-electron chi connectivity index (χ1n) is 13.2. The van der Waals surface area contributed by atoms with Gasteiger partial charge in [-0.15, -0.1) is 0 Å². The van der Waals surface area contributed by atoms with Gasteiger partial charge in [0, 0.05) is 74.8 Å². The lowest BCUT2D eigenvalue weighted by atomic mass is 9.49. The van der Waals surface area contributed by atoms with Crippen molar-refractivity contribution in [2.24, 2.45) is 5.92 Å². The van der Waals surface area contributed by atoms with Crippen LogP contribution in [0.25, 0.3) is 11.0 Å². The lowest BCUT2D eigenvalue weighted by Crippen LogP contribution is -2.60. The van der Waals surface area contributed by atoms with E-state index in [-0.39, 0.29) is 11.4 Å². The fraction of sp³-hybridized carbons (Fsp3) is 0.536.